The van der Waals surface area contributed by atoms with E-state index in [1.807, 2.05) is 0 Å². The summed E-state index contributed by atoms with van der Waals surface area (Å²) in [5.74, 6) is -0.228. The van der Waals surface area contributed by atoms with E-state index in [1.54, 1.807) is 19.1 Å². The molecule has 1 aliphatic rings. The largest absolute Gasteiger partial charge is 0.488 e. The maximum absolute atomic E-state index is 12.5. The van der Waals surface area contributed by atoms with Gasteiger partial charge < -0.3 is 24.8 Å². The number of halogens is 1. The average molecular weight is 499 g/mol. The van der Waals surface area contributed by atoms with Crippen molar-refractivity contribution in [1.29, 1.82) is 0 Å². The quantitative estimate of drug-likeness (QED) is 0.534. The molecule has 7 nitrogen and oxygen atoms in total. The van der Waals surface area contributed by atoms with E-state index in [-0.39, 0.29) is 19.1 Å². The Morgan fingerprint density at radius 1 is 1.30 bits per heavy atom. The summed E-state index contributed by atoms with van der Waals surface area (Å²) < 4.78 is 12.6. The van der Waals surface area contributed by atoms with Gasteiger partial charge in [0.1, 0.15) is 23.3 Å². The van der Waals surface area contributed by atoms with Crippen molar-refractivity contribution >= 4 is 54.2 Å². The zero-order valence-corrected chi connectivity index (χ0v) is 19.6. The van der Waals surface area contributed by atoms with Crippen molar-refractivity contribution in [3.8, 4) is 5.75 Å². The van der Waals surface area contributed by atoms with Crippen molar-refractivity contribution in [1.82, 2.24) is 4.90 Å². The maximum atomic E-state index is 12.5. The normalized spacial score (nSPS) is 15.7. The van der Waals surface area contributed by atoms with E-state index in [1.165, 1.54) is 24.7 Å². The fraction of sp³-hybridized carbons (Fsp3) is 0.524. The van der Waals surface area contributed by atoms with Crippen LogP contribution >= 0.6 is 27.3 Å². The fourth-order valence-corrected chi connectivity index (χ4v) is 5.38. The zero-order valence-electron chi connectivity index (χ0n) is 17.2. The zero-order chi connectivity index (χ0) is 21.7. The molecule has 2 aromatic rings. The van der Waals surface area contributed by atoms with Crippen LogP contribution in [-0.2, 0) is 9.53 Å². The third kappa shape index (κ3) is 5.51. The van der Waals surface area contributed by atoms with Gasteiger partial charge in [0.15, 0.2) is 5.75 Å². The van der Waals surface area contributed by atoms with Gasteiger partial charge in [-0.15, -0.1) is 11.3 Å². The van der Waals surface area contributed by atoms with Gasteiger partial charge in [-0.3, -0.25) is 4.79 Å². The van der Waals surface area contributed by atoms with Crippen LogP contribution in [0.3, 0.4) is 0 Å². The molecule has 1 aromatic carbocycles. The predicted molar refractivity (Wildman–Crippen MR) is 122 cm³/mol. The predicted octanol–water partition coefficient (Wildman–Crippen LogP) is 4.02. The number of likely N-dealkylation sites (tertiary alicyclic amines) is 1. The van der Waals surface area contributed by atoms with E-state index in [0.29, 0.717) is 37.4 Å². The standard InChI is InChI=1S/C21H27BrN2O5S/c1-3-28-21(27)17-15-7-8-16(22)18(19(15)30-20(17)23-13(2)25)29-12-14(26)11-24-9-5-4-6-10-24/h7-8,14,26H,3-6,9-12H2,1-2H3,(H,23,25)/t14-/m1/s1. The molecular weight excluding hydrogens is 472 g/mol. The summed E-state index contributed by atoms with van der Waals surface area (Å²) in [5, 5.41) is 14.2. The lowest BCUT2D eigenvalue weighted by Crippen LogP contribution is -2.38. The Balaban J connectivity index is 1.85. The van der Waals surface area contributed by atoms with E-state index in [2.05, 4.69) is 26.1 Å². The highest BCUT2D eigenvalue weighted by Gasteiger charge is 2.25. The highest BCUT2D eigenvalue weighted by Crippen LogP contribution is 2.44. The van der Waals surface area contributed by atoms with E-state index in [0.717, 1.165) is 25.9 Å². The van der Waals surface area contributed by atoms with Crippen LogP contribution in [0.2, 0.25) is 0 Å². The Morgan fingerprint density at radius 3 is 2.70 bits per heavy atom. The van der Waals surface area contributed by atoms with Crippen molar-refractivity contribution < 1.29 is 24.2 Å². The molecule has 0 spiro atoms. The number of rotatable bonds is 8. The highest BCUT2D eigenvalue weighted by molar-refractivity contribution is 9.10. The molecule has 30 heavy (non-hydrogen) atoms. The number of fused-ring (bicyclic) bond motifs is 1. The number of esters is 1. The number of β-amino-alcohol motifs (C(OH)–C–C–N with tert-alkyl or cyclic N) is 1. The Morgan fingerprint density at radius 2 is 2.03 bits per heavy atom. The van der Waals surface area contributed by atoms with Gasteiger partial charge in [-0.05, 0) is 54.9 Å². The first-order chi connectivity index (χ1) is 14.4. The van der Waals surface area contributed by atoms with Crippen LogP contribution in [0.1, 0.15) is 43.5 Å². The molecule has 1 amide bonds. The molecule has 1 saturated heterocycles. The van der Waals surface area contributed by atoms with Gasteiger partial charge in [0.2, 0.25) is 5.91 Å². The van der Waals surface area contributed by atoms with Gasteiger partial charge in [0, 0.05) is 18.9 Å². The highest BCUT2D eigenvalue weighted by atomic mass is 79.9. The Labute approximate surface area is 188 Å². The lowest BCUT2D eigenvalue weighted by Gasteiger charge is -2.28. The molecular formula is C21H27BrN2O5S. The molecule has 0 unspecified atom stereocenters. The maximum Gasteiger partial charge on any atom is 0.341 e. The molecule has 1 atom stereocenters. The minimum absolute atomic E-state index is 0.135. The molecule has 0 aliphatic carbocycles. The first kappa shape index (κ1) is 23.0. The molecule has 0 bridgehead atoms. The third-order valence-electron chi connectivity index (χ3n) is 4.87. The van der Waals surface area contributed by atoms with Gasteiger partial charge in [0.05, 0.1) is 15.8 Å². The van der Waals surface area contributed by atoms with Gasteiger partial charge in [-0.1, -0.05) is 12.5 Å². The second kappa shape index (κ2) is 10.6. The second-order valence-electron chi connectivity index (χ2n) is 7.29. The van der Waals surface area contributed by atoms with Crippen LogP contribution in [0, 0.1) is 0 Å². The number of hydrogen-bond acceptors (Lipinski definition) is 7. The number of amides is 1. The smallest absolute Gasteiger partial charge is 0.341 e. The Bertz CT molecular complexity index is 910. The number of aliphatic hydroxyl groups is 1. The van der Waals surface area contributed by atoms with E-state index < -0.39 is 12.1 Å². The van der Waals surface area contributed by atoms with Gasteiger partial charge >= 0.3 is 5.97 Å². The number of hydrogen-bond donors (Lipinski definition) is 2. The average Bonchev–Trinajstić information content (AvgIpc) is 3.05. The van der Waals surface area contributed by atoms with E-state index in [9.17, 15) is 14.7 Å². The minimum Gasteiger partial charge on any atom is -0.488 e. The lowest BCUT2D eigenvalue weighted by molar-refractivity contribution is -0.114. The van der Waals surface area contributed by atoms with Crippen LogP contribution < -0.4 is 10.1 Å². The molecule has 2 heterocycles. The molecule has 1 aromatic heterocycles. The second-order valence-corrected chi connectivity index (χ2v) is 9.16. The Kier molecular flexibility index (Phi) is 8.10. The number of nitrogens with zero attached hydrogens (tertiary/aromatic N) is 1. The van der Waals surface area contributed by atoms with Gasteiger partial charge in [-0.2, -0.15) is 0 Å². The Hall–Kier alpha value is -1.68. The number of anilines is 1. The first-order valence-electron chi connectivity index (χ1n) is 10.1. The summed E-state index contributed by atoms with van der Waals surface area (Å²) in [7, 11) is 0. The van der Waals surface area contributed by atoms with Crippen molar-refractivity contribution in [3.05, 3.63) is 22.2 Å². The summed E-state index contributed by atoms with van der Waals surface area (Å²) in [6.45, 7) is 6.08. The fourth-order valence-electron chi connectivity index (χ4n) is 3.57. The van der Waals surface area contributed by atoms with Crippen LogP contribution in [0.4, 0.5) is 5.00 Å². The van der Waals surface area contributed by atoms with Crippen LogP contribution in [0.15, 0.2) is 16.6 Å². The van der Waals surface area contributed by atoms with Crippen molar-refractivity contribution in [3.63, 3.8) is 0 Å². The number of carbonyl (C=O) groups is 2. The summed E-state index contributed by atoms with van der Waals surface area (Å²) in [6, 6.07) is 3.59. The summed E-state index contributed by atoms with van der Waals surface area (Å²) in [6.07, 6.45) is 2.95. The SMILES string of the molecule is CCOC(=O)c1c(NC(C)=O)sc2c(OC[C@H](O)CN3CCCCC3)c(Br)ccc12. The molecule has 1 fully saturated rings. The van der Waals surface area contributed by atoms with Crippen molar-refractivity contribution in [2.24, 2.45) is 0 Å². The number of nitrogens with one attached hydrogen (secondary N) is 1. The van der Waals surface area contributed by atoms with Crippen LogP contribution in [0.25, 0.3) is 10.1 Å². The number of ether oxygens (including phenoxy) is 2. The molecule has 3 rings (SSSR count). The van der Waals surface area contributed by atoms with E-state index in [4.69, 9.17) is 9.47 Å². The molecule has 0 radical (unpaired) electrons. The van der Waals surface area contributed by atoms with Crippen LogP contribution in [-0.4, -0.2) is 60.8 Å². The summed E-state index contributed by atoms with van der Waals surface area (Å²) in [5.41, 5.74) is 0.318. The molecule has 0 saturated carbocycles. The number of aliphatic hydroxyl groups excluding tert-OH is 1. The molecule has 9 heteroatoms. The number of benzene rings is 1. The number of piperidine rings is 1. The molecule has 164 valence electrons. The monoisotopic (exact) mass is 498 g/mol. The molecule has 1 aliphatic heterocycles. The molecule has 2 N–H and O–H groups in total. The van der Waals surface area contributed by atoms with Crippen molar-refractivity contribution in [2.75, 3.05) is 38.2 Å². The minimum atomic E-state index is -0.621. The van der Waals surface area contributed by atoms with Crippen LogP contribution in [0.5, 0.6) is 5.75 Å². The third-order valence-corrected chi connectivity index (χ3v) is 6.62. The number of thiophene rings is 1. The lowest BCUT2D eigenvalue weighted by atomic mass is 10.1. The first-order valence-corrected chi connectivity index (χ1v) is 11.7. The summed E-state index contributed by atoms with van der Waals surface area (Å²) >= 11 is 4.76. The number of carbonyl (C=O) groups excluding carboxylic acids is 2. The van der Waals surface area contributed by atoms with E-state index >= 15 is 0 Å². The van der Waals surface area contributed by atoms with Gasteiger partial charge in [-0.25, -0.2) is 4.79 Å². The topological polar surface area (TPSA) is 88.1 Å². The van der Waals surface area contributed by atoms with Crippen molar-refractivity contribution in [2.45, 2.75) is 39.2 Å². The van der Waals surface area contributed by atoms with Gasteiger partial charge in [0.25, 0.3) is 0 Å². The summed E-state index contributed by atoms with van der Waals surface area (Å²) in [4.78, 5) is 26.4.